The van der Waals surface area contributed by atoms with E-state index in [2.05, 4.69) is 35.8 Å². The molecule has 4 rings (SSSR count). The van der Waals surface area contributed by atoms with Crippen molar-refractivity contribution < 1.29 is 23.5 Å². The van der Waals surface area contributed by atoms with Crippen LogP contribution in [-0.2, 0) is 11.3 Å². The summed E-state index contributed by atoms with van der Waals surface area (Å²) in [6.07, 6.45) is 1.40. The van der Waals surface area contributed by atoms with Crippen LogP contribution in [0.1, 0.15) is 27.7 Å². The minimum absolute atomic E-state index is 0.0475. The van der Waals surface area contributed by atoms with Gasteiger partial charge in [-0.2, -0.15) is 9.78 Å². The fourth-order valence-electron chi connectivity index (χ4n) is 2.95. The highest BCUT2D eigenvalue weighted by Gasteiger charge is 2.28. The van der Waals surface area contributed by atoms with E-state index in [9.17, 15) is 4.79 Å². The first-order valence-electron chi connectivity index (χ1n) is 8.96. The van der Waals surface area contributed by atoms with E-state index < -0.39 is 5.91 Å². The van der Waals surface area contributed by atoms with Gasteiger partial charge in [-0.15, -0.1) is 5.10 Å². The summed E-state index contributed by atoms with van der Waals surface area (Å²) in [7, 11) is 0. The van der Waals surface area contributed by atoms with Crippen LogP contribution in [-0.4, -0.2) is 63.7 Å². The van der Waals surface area contributed by atoms with Crippen molar-refractivity contribution in [3.63, 3.8) is 0 Å². The van der Waals surface area contributed by atoms with Crippen LogP contribution in [0.4, 0.5) is 5.82 Å². The second-order valence-corrected chi connectivity index (χ2v) is 6.46. The molecule has 0 aliphatic carbocycles. The van der Waals surface area contributed by atoms with Gasteiger partial charge in [0.25, 0.3) is 5.91 Å². The van der Waals surface area contributed by atoms with Gasteiger partial charge in [0, 0.05) is 0 Å². The molecule has 13 heteroatoms. The number of hydrazone groups is 1. The zero-order valence-corrected chi connectivity index (χ0v) is 15.7. The number of carbonyl (C=O) groups is 1. The Morgan fingerprint density at radius 2 is 2.21 bits per heavy atom. The van der Waals surface area contributed by atoms with Gasteiger partial charge in [0.1, 0.15) is 36.8 Å². The second kappa shape index (κ2) is 8.20. The Bertz CT molecular complexity index is 1020. The Morgan fingerprint density at radius 1 is 1.38 bits per heavy atom. The number of nitrogens with zero attached hydrogens (tertiary/aromatic N) is 6. The van der Waals surface area contributed by atoms with Crippen LogP contribution in [0.5, 0.6) is 0 Å². The average molecular weight is 402 g/mol. The third kappa shape index (κ3) is 4.14. The maximum absolute atomic E-state index is 12.7. The summed E-state index contributed by atoms with van der Waals surface area (Å²) in [4.78, 5) is 13.9. The first-order chi connectivity index (χ1) is 14.1. The van der Waals surface area contributed by atoms with Crippen molar-refractivity contribution in [3.05, 3.63) is 35.0 Å². The number of carbonyl (C=O) groups excluding carboxylic acids is 1. The molecule has 0 saturated carbocycles. The lowest BCUT2D eigenvalue weighted by molar-refractivity contribution is -0.921. The molecule has 4 heterocycles. The predicted octanol–water partition coefficient (Wildman–Crippen LogP) is -1.69. The molecule has 1 fully saturated rings. The number of ether oxygens (including phenoxy) is 1. The van der Waals surface area contributed by atoms with E-state index in [1.165, 1.54) is 15.8 Å². The molecule has 1 aliphatic rings. The number of amides is 1. The molecular weight excluding hydrogens is 382 g/mol. The molecule has 152 valence electrons. The summed E-state index contributed by atoms with van der Waals surface area (Å²) in [6.45, 7) is 5.13. The van der Waals surface area contributed by atoms with Crippen molar-refractivity contribution >= 4 is 17.9 Å². The highest BCUT2D eigenvalue weighted by Crippen LogP contribution is 2.15. The zero-order chi connectivity index (χ0) is 20.2. The second-order valence-electron chi connectivity index (χ2n) is 6.46. The van der Waals surface area contributed by atoms with Crippen molar-refractivity contribution in [2.45, 2.75) is 13.5 Å². The third-order valence-electron chi connectivity index (χ3n) is 4.41. The largest absolute Gasteiger partial charge is 0.460 e. The van der Waals surface area contributed by atoms with Crippen LogP contribution in [0, 0.1) is 6.92 Å². The number of rotatable bonds is 6. The Hall–Kier alpha value is -3.58. The van der Waals surface area contributed by atoms with Gasteiger partial charge in [-0.25, -0.2) is 10.1 Å². The fourth-order valence-corrected chi connectivity index (χ4v) is 2.95. The molecule has 29 heavy (non-hydrogen) atoms. The van der Waals surface area contributed by atoms with E-state index in [4.69, 9.17) is 14.9 Å². The van der Waals surface area contributed by atoms with E-state index in [1.54, 1.807) is 12.1 Å². The maximum Gasteiger partial charge on any atom is 0.294 e. The molecule has 0 unspecified atom stereocenters. The van der Waals surface area contributed by atoms with Crippen LogP contribution in [0.15, 0.2) is 26.3 Å². The summed E-state index contributed by atoms with van der Waals surface area (Å²) in [5.74, 6) is 0.967. The first kappa shape index (κ1) is 18.8. The van der Waals surface area contributed by atoms with Crippen molar-refractivity contribution in [2.75, 3.05) is 32.0 Å². The Kier molecular flexibility index (Phi) is 5.31. The number of anilines is 1. The van der Waals surface area contributed by atoms with E-state index in [0.717, 1.165) is 18.8 Å². The smallest absolute Gasteiger partial charge is 0.294 e. The van der Waals surface area contributed by atoms with Gasteiger partial charge in [0.15, 0.2) is 5.69 Å². The van der Waals surface area contributed by atoms with Crippen molar-refractivity contribution in [2.24, 2.45) is 5.10 Å². The molecule has 1 aliphatic heterocycles. The lowest BCUT2D eigenvalue weighted by Crippen LogP contribution is -3.12. The van der Waals surface area contributed by atoms with E-state index in [0.29, 0.717) is 31.2 Å². The maximum atomic E-state index is 12.7. The standard InChI is InChI=1S/C16H19N9O4/c1-10-2-3-11(28-10)8-18-20-16(26)13-12(9-24-4-6-27-7-5-24)25(23-19-13)15-14(17)21-29-22-15/h2-3,8H,4-7,9H2,1H3,(H2,17,21)(H,20,26)/p+1/b18-8-. The van der Waals surface area contributed by atoms with Gasteiger partial charge >= 0.3 is 0 Å². The summed E-state index contributed by atoms with van der Waals surface area (Å²) >= 11 is 0. The average Bonchev–Trinajstić information content (AvgIpc) is 3.43. The van der Waals surface area contributed by atoms with Gasteiger partial charge < -0.3 is 19.8 Å². The SMILES string of the molecule is Cc1ccc(/C=N\NC(=O)c2nnn(-c3nonc3N)c2C[NH+]2CCOCC2)o1. The van der Waals surface area contributed by atoms with Crippen molar-refractivity contribution in [1.29, 1.82) is 0 Å². The molecule has 4 N–H and O–H groups in total. The van der Waals surface area contributed by atoms with Gasteiger partial charge in [-0.05, 0) is 29.4 Å². The predicted molar refractivity (Wildman–Crippen MR) is 97.4 cm³/mol. The summed E-state index contributed by atoms with van der Waals surface area (Å²) in [6, 6.07) is 3.54. The van der Waals surface area contributed by atoms with Gasteiger partial charge in [-0.3, -0.25) is 4.79 Å². The summed E-state index contributed by atoms with van der Waals surface area (Å²) in [5, 5.41) is 19.3. The molecule has 0 radical (unpaired) electrons. The first-order valence-corrected chi connectivity index (χ1v) is 8.96. The van der Waals surface area contributed by atoms with Crippen LogP contribution in [0.2, 0.25) is 0 Å². The number of morpholine rings is 1. The number of nitrogen functional groups attached to an aromatic ring is 1. The molecular formula is C16H20N9O4+. The monoisotopic (exact) mass is 402 g/mol. The number of aromatic nitrogens is 5. The molecule has 0 spiro atoms. The number of hydrogen-bond donors (Lipinski definition) is 3. The number of nitrogens with two attached hydrogens (primary N) is 1. The summed E-state index contributed by atoms with van der Waals surface area (Å²) in [5.41, 5.74) is 8.86. The fraction of sp³-hybridized carbons (Fsp3) is 0.375. The molecule has 0 aromatic carbocycles. The molecule has 3 aromatic heterocycles. The van der Waals surface area contributed by atoms with Crippen LogP contribution in [0.3, 0.4) is 0 Å². The molecule has 1 amide bonds. The van der Waals surface area contributed by atoms with E-state index in [-0.39, 0.29) is 17.3 Å². The Labute approximate surface area is 164 Å². The number of furan rings is 1. The highest BCUT2D eigenvalue weighted by atomic mass is 16.6. The Morgan fingerprint density at radius 3 is 2.90 bits per heavy atom. The molecule has 1 saturated heterocycles. The number of aryl methyl sites for hydroxylation is 1. The number of quaternary nitrogens is 1. The summed E-state index contributed by atoms with van der Waals surface area (Å²) < 4.78 is 16.8. The van der Waals surface area contributed by atoms with Crippen LogP contribution in [0.25, 0.3) is 5.82 Å². The van der Waals surface area contributed by atoms with E-state index in [1.807, 2.05) is 6.92 Å². The van der Waals surface area contributed by atoms with Crippen LogP contribution >= 0.6 is 0 Å². The van der Waals surface area contributed by atoms with Crippen molar-refractivity contribution in [1.82, 2.24) is 30.7 Å². The lowest BCUT2D eigenvalue weighted by atomic mass is 10.2. The van der Waals surface area contributed by atoms with E-state index >= 15 is 0 Å². The number of hydrogen-bond acceptors (Lipinski definition) is 10. The normalized spacial score (nSPS) is 15.2. The molecule has 3 aromatic rings. The quantitative estimate of drug-likeness (QED) is 0.322. The topological polar surface area (TPSA) is 164 Å². The molecule has 0 bridgehead atoms. The number of nitrogens with one attached hydrogen (secondary N) is 2. The molecule has 13 nitrogen and oxygen atoms in total. The van der Waals surface area contributed by atoms with Gasteiger partial charge in [-0.1, -0.05) is 5.21 Å². The minimum atomic E-state index is -0.520. The zero-order valence-electron chi connectivity index (χ0n) is 15.7. The van der Waals surface area contributed by atoms with Crippen LogP contribution < -0.4 is 16.1 Å². The lowest BCUT2D eigenvalue weighted by Gasteiger charge is -2.23. The third-order valence-corrected chi connectivity index (χ3v) is 4.41. The van der Waals surface area contributed by atoms with Crippen molar-refractivity contribution in [3.8, 4) is 5.82 Å². The van der Waals surface area contributed by atoms with Gasteiger partial charge in [0.05, 0.1) is 19.4 Å². The Balaban J connectivity index is 1.57. The minimum Gasteiger partial charge on any atom is -0.460 e. The van der Waals surface area contributed by atoms with Gasteiger partial charge in [0.2, 0.25) is 11.6 Å². The molecule has 0 atom stereocenters. The highest BCUT2D eigenvalue weighted by molar-refractivity contribution is 5.94.